The van der Waals surface area contributed by atoms with Gasteiger partial charge in [-0.3, -0.25) is 4.79 Å². The van der Waals surface area contributed by atoms with Crippen molar-refractivity contribution in [1.82, 2.24) is 0 Å². The number of amides is 1. The highest BCUT2D eigenvalue weighted by Gasteiger charge is 2.22. The molecule has 0 aromatic heterocycles. The van der Waals surface area contributed by atoms with Crippen LogP contribution >= 0.6 is 0 Å². The van der Waals surface area contributed by atoms with Crippen LogP contribution in [0.2, 0.25) is 0 Å². The van der Waals surface area contributed by atoms with Gasteiger partial charge in [0.05, 0.1) is 12.8 Å². The summed E-state index contributed by atoms with van der Waals surface area (Å²) >= 11 is 0. The molecule has 0 radical (unpaired) electrons. The molecule has 1 amide bonds. The number of esters is 1. The zero-order chi connectivity index (χ0) is 18.6. The van der Waals surface area contributed by atoms with Crippen molar-refractivity contribution in [3.05, 3.63) is 53.1 Å². The molecule has 2 aromatic carbocycles. The van der Waals surface area contributed by atoms with Crippen LogP contribution in [0.3, 0.4) is 0 Å². The molecule has 0 bridgehead atoms. The molecule has 0 aliphatic heterocycles. The fraction of sp³-hybridized carbons (Fsp3) is 0.263. The Morgan fingerprint density at radius 2 is 1.88 bits per heavy atom. The second-order valence-electron chi connectivity index (χ2n) is 5.71. The zero-order valence-electron chi connectivity index (χ0n) is 14.6. The first-order chi connectivity index (χ1) is 11.8. The van der Waals surface area contributed by atoms with E-state index < -0.39 is 18.0 Å². The molecule has 0 saturated heterocycles. The third-order valence-corrected chi connectivity index (χ3v) is 3.72. The summed E-state index contributed by atoms with van der Waals surface area (Å²) in [5.41, 5.74) is 2.02. The number of carbonyl (C=O) groups excluding carboxylic acids is 2. The molecule has 2 N–H and O–H groups in total. The number of para-hydroxylation sites is 1. The number of carbonyl (C=O) groups is 2. The minimum Gasteiger partial charge on any atom is -0.507 e. The molecular formula is C19H21NO5. The summed E-state index contributed by atoms with van der Waals surface area (Å²) in [7, 11) is 1.50. The lowest BCUT2D eigenvalue weighted by atomic mass is 10.1. The molecule has 0 aliphatic rings. The predicted molar refractivity (Wildman–Crippen MR) is 94.1 cm³/mol. The fourth-order valence-corrected chi connectivity index (χ4v) is 2.26. The van der Waals surface area contributed by atoms with Gasteiger partial charge in [0, 0.05) is 0 Å². The highest BCUT2D eigenvalue weighted by molar-refractivity contribution is 5.99. The Labute approximate surface area is 146 Å². The number of aryl methyl sites for hydroxylation is 2. The Kier molecular flexibility index (Phi) is 5.64. The van der Waals surface area contributed by atoms with E-state index >= 15 is 0 Å². The number of benzene rings is 2. The maximum atomic E-state index is 12.3. The molecule has 6 heteroatoms. The summed E-state index contributed by atoms with van der Waals surface area (Å²) in [6, 6.07) is 10.1. The van der Waals surface area contributed by atoms with Crippen molar-refractivity contribution in [2.75, 3.05) is 12.4 Å². The SMILES string of the molecule is COc1ccc(C)cc1NC(=O)[C@@H](C)OC(=O)c1cccc(C)c1O. The van der Waals surface area contributed by atoms with Gasteiger partial charge in [-0.15, -0.1) is 0 Å². The monoisotopic (exact) mass is 343 g/mol. The van der Waals surface area contributed by atoms with Crippen molar-refractivity contribution in [3.8, 4) is 11.5 Å². The van der Waals surface area contributed by atoms with Crippen LogP contribution in [0.4, 0.5) is 5.69 Å². The Morgan fingerprint density at radius 3 is 2.56 bits per heavy atom. The highest BCUT2D eigenvalue weighted by atomic mass is 16.5. The molecule has 2 aromatic rings. The lowest BCUT2D eigenvalue weighted by molar-refractivity contribution is -0.123. The number of phenolic OH excluding ortho intramolecular Hbond substituents is 1. The summed E-state index contributed by atoms with van der Waals surface area (Å²) in [5, 5.41) is 12.6. The Morgan fingerprint density at radius 1 is 1.16 bits per heavy atom. The van der Waals surface area contributed by atoms with Gasteiger partial charge in [0.15, 0.2) is 6.10 Å². The average Bonchev–Trinajstić information content (AvgIpc) is 2.57. The molecule has 6 nitrogen and oxygen atoms in total. The molecule has 0 saturated carbocycles. The van der Waals surface area contributed by atoms with Crippen LogP contribution in [0.15, 0.2) is 36.4 Å². The quantitative estimate of drug-likeness (QED) is 0.815. The summed E-state index contributed by atoms with van der Waals surface area (Å²) in [4.78, 5) is 24.5. The van der Waals surface area contributed by atoms with E-state index in [0.29, 0.717) is 17.0 Å². The van der Waals surface area contributed by atoms with Crippen molar-refractivity contribution in [2.45, 2.75) is 26.9 Å². The molecule has 0 heterocycles. The highest BCUT2D eigenvalue weighted by Crippen LogP contribution is 2.26. The molecule has 0 spiro atoms. The van der Waals surface area contributed by atoms with Gasteiger partial charge in [0.2, 0.25) is 0 Å². The minimum atomic E-state index is -1.04. The third kappa shape index (κ3) is 4.29. The third-order valence-electron chi connectivity index (χ3n) is 3.72. The Bertz CT molecular complexity index is 800. The maximum Gasteiger partial charge on any atom is 0.342 e. The normalized spacial score (nSPS) is 11.5. The van der Waals surface area contributed by atoms with Crippen LogP contribution in [0, 0.1) is 13.8 Å². The molecule has 0 fully saturated rings. The van der Waals surface area contributed by atoms with Crippen LogP contribution in [-0.2, 0) is 9.53 Å². The van der Waals surface area contributed by atoms with Gasteiger partial charge in [-0.25, -0.2) is 4.79 Å². The van der Waals surface area contributed by atoms with Gasteiger partial charge < -0.3 is 19.9 Å². The molecule has 0 unspecified atom stereocenters. The summed E-state index contributed by atoms with van der Waals surface area (Å²) in [5.74, 6) is -0.904. The zero-order valence-corrected chi connectivity index (χ0v) is 14.6. The van der Waals surface area contributed by atoms with Gasteiger partial charge in [0.25, 0.3) is 5.91 Å². The van der Waals surface area contributed by atoms with E-state index in [0.717, 1.165) is 5.56 Å². The van der Waals surface area contributed by atoms with E-state index in [1.54, 1.807) is 31.2 Å². The second-order valence-corrected chi connectivity index (χ2v) is 5.71. The van der Waals surface area contributed by atoms with Crippen LogP contribution < -0.4 is 10.1 Å². The smallest absolute Gasteiger partial charge is 0.342 e. The maximum absolute atomic E-state index is 12.3. The topological polar surface area (TPSA) is 84.9 Å². The van der Waals surface area contributed by atoms with Gasteiger partial charge in [0.1, 0.15) is 17.1 Å². The number of nitrogens with one attached hydrogen (secondary N) is 1. The van der Waals surface area contributed by atoms with E-state index in [1.165, 1.54) is 20.1 Å². The number of methoxy groups -OCH3 is 1. The standard InChI is InChI=1S/C19H21NO5/c1-11-8-9-16(24-4)15(10-11)20-18(22)13(3)25-19(23)14-7-5-6-12(2)17(14)21/h5-10,13,21H,1-4H3,(H,20,22)/t13-/m1/s1. The van der Waals surface area contributed by atoms with Crippen LogP contribution in [0.1, 0.15) is 28.4 Å². The lowest BCUT2D eigenvalue weighted by Crippen LogP contribution is -2.30. The number of rotatable bonds is 5. The fourth-order valence-electron chi connectivity index (χ4n) is 2.26. The Balaban J connectivity index is 2.09. The van der Waals surface area contributed by atoms with E-state index in [9.17, 15) is 14.7 Å². The second kappa shape index (κ2) is 7.70. The number of phenols is 1. The molecule has 0 aliphatic carbocycles. The van der Waals surface area contributed by atoms with Gasteiger partial charge in [-0.1, -0.05) is 18.2 Å². The summed E-state index contributed by atoms with van der Waals surface area (Å²) in [6.45, 7) is 5.02. The van der Waals surface area contributed by atoms with Crippen molar-refractivity contribution in [2.24, 2.45) is 0 Å². The number of ether oxygens (including phenoxy) is 2. The number of hydrogen-bond donors (Lipinski definition) is 2. The summed E-state index contributed by atoms with van der Waals surface area (Å²) < 4.78 is 10.4. The van der Waals surface area contributed by atoms with E-state index in [2.05, 4.69) is 5.32 Å². The molecular weight excluding hydrogens is 322 g/mol. The van der Waals surface area contributed by atoms with Crippen molar-refractivity contribution in [1.29, 1.82) is 0 Å². The first-order valence-corrected chi connectivity index (χ1v) is 7.78. The van der Waals surface area contributed by atoms with Gasteiger partial charge in [-0.05, 0) is 50.1 Å². The molecule has 2 rings (SSSR count). The van der Waals surface area contributed by atoms with E-state index in [1.807, 2.05) is 13.0 Å². The van der Waals surface area contributed by atoms with E-state index in [4.69, 9.17) is 9.47 Å². The summed E-state index contributed by atoms with van der Waals surface area (Å²) in [6.07, 6.45) is -1.04. The molecule has 25 heavy (non-hydrogen) atoms. The van der Waals surface area contributed by atoms with Gasteiger partial charge in [-0.2, -0.15) is 0 Å². The first-order valence-electron chi connectivity index (χ1n) is 7.78. The number of anilines is 1. The largest absolute Gasteiger partial charge is 0.507 e. The Hall–Kier alpha value is -3.02. The van der Waals surface area contributed by atoms with E-state index in [-0.39, 0.29) is 11.3 Å². The average molecular weight is 343 g/mol. The van der Waals surface area contributed by atoms with Crippen molar-refractivity contribution < 1.29 is 24.2 Å². The van der Waals surface area contributed by atoms with Crippen LogP contribution in [0.5, 0.6) is 11.5 Å². The molecule has 132 valence electrons. The number of aromatic hydroxyl groups is 1. The number of hydrogen-bond acceptors (Lipinski definition) is 5. The lowest BCUT2D eigenvalue weighted by Gasteiger charge is -2.16. The van der Waals surface area contributed by atoms with Crippen molar-refractivity contribution in [3.63, 3.8) is 0 Å². The van der Waals surface area contributed by atoms with Crippen LogP contribution in [0.25, 0.3) is 0 Å². The van der Waals surface area contributed by atoms with Crippen molar-refractivity contribution >= 4 is 17.6 Å². The van der Waals surface area contributed by atoms with Crippen LogP contribution in [-0.4, -0.2) is 30.2 Å². The predicted octanol–water partition coefficient (Wildman–Crippen LogP) is 3.20. The minimum absolute atomic E-state index is 0.0211. The van der Waals surface area contributed by atoms with Gasteiger partial charge >= 0.3 is 5.97 Å². The molecule has 1 atom stereocenters. The first kappa shape index (κ1) is 18.3.